The highest BCUT2D eigenvalue weighted by molar-refractivity contribution is 5.89. The summed E-state index contributed by atoms with van der Waals surface area (Å²) in [6.07, 6.45) is 0. The van der Waals surface area contributed by atoms with Crippen molar-refractivity contribution in [3.63, 3.8) is 0 Å². The number of benzene rings is 2. The van der Waals surface area contributed by atoms with Crippen molar-refractivity contribution in [2.45, 2.75) is 6.54 Å². The molecule has 0 saturated carbocycles. The molecule has 0 heterocycles. The Morgan fingerprint density at radius 2 is 1.91 bits per heavy atom. The zero-order valence-electron chi connectivity index (χ0n) is 12.8. The van der Waals surface area contributed by atoms with Gasteiger partial charge in [-0.05, 0) is 17.7 Å². The van der Waals surface area contributed by atoms with Crippen LogP contribution in [0, 0.1) is 11.6 Å². The van der Waals surface area contributed by atoms with E-state index in [9.17, 15) is 13.6 Å². The van der Waals surface area contributed by atoms with Crippen LogP contribution >= 0.6 is 0 Å². The molecule has 0 aliphatic rings. The van der Waals surface area contributed by atoms with Crippen LogP contribution in [0.5, 0.6) is 0 Å². The van der Waals surface area contributed by atoms with Gasteiger partial charge in [0, 0.05) is 26.3 Å². The Hall–Kier alpha value is -2.47. The van der Waals surface area contributed by atoms with Gasteiger partial charge in [0.15, 0.2) is 0 Å². The number of carbonyl (C=O) groups is 1. The summed E-state index contributed by atoms with van der Waals surface area (Å²) in [5.74, 6) is -1.51. The maximum Gasteiger partial charge on any atom is 0.322 e. The van der Waals surface area contributed by atoms with Gasteiger partial charge in [-0.3, -0.25) is 0 Å². The van der Waals surface area contributed by atoms with E-state index in [0.29, 0.717) is 19.7 Å². The molecule has 0 aromatic heterocycles. The topological polar surface area (TPSA) is 41.6 Å². The summed E-state index contributed by atoms with van der Waals surface area (Å²) in [5.41, 5.74) is 0.880. The number of hydrogen-bond acceptors (Lipinski definition) is 2. The standard InChI is InChI=1S/C17H18F2N2O2/c1-23-10-9-21(12-13-5-3-2-4-6-13)17(22)20-16-8-7-14(18)11-15(16)19/h2-8,11H,9-10,12H2,1H3,(H,20,22). The second-order valence-electron chi connectivity index (χ2n) is 4.95. The van der Waals surface area contributed by atoms with Gasteiger partial charge >= 0.3 is 6.03 Å². The number of halogens is 2. The predicted octanol–water partition coefficient (Wildman–Crippen LogP) is 3.65. The van der Waals surface area contributed by atoms with E-state index >= 15 is 0 Å². The summed E-state index contributed by atoms with van der Waals surface area (Å²) in [7, 11) is 1.54. The highest BCUT2D eigenvalue weighted by Gasteiger charge is 2.16. The van der Waals surface area contributed by atoms with Gasteiger partial charge < -0.3 is 15.0 Å². The Kier molecular flexibility index (Phi) is 6.05. The third kappa shape index (κ3) is 5.03. The number of ether oxygens (including phenoxy) is 1. The van der Waals surface area contributed by atoms with E-state index in [1.165, 1.54) is 18.1 Å². The van der Waals surface area contributed by atoms with Gasteiger partial charge in [0.2, 0.25) is 0 Å². The first-order valence-corrected chi connectivity index (χ1v) is 7.14. The van der Waals surface area contributed by atoms with Gasteiger partial charge in [0.25, 0.3) is 0 Å². The lowest BCUT2D eigenvalue weighted by molar-refractivity contribution is 0.153. The molecule has 122 valence electrons. The van der Waals surface area contributed by atoms with Gasteiger partial charge in [-0.25, -0.2) is 13.6 Å². The number of urea groups is 1. The van der Waals surface area contributed by atoms with Crippen LogP contribution in [0.3, 0.4) is 0 Å². The van der Waals surface area contributed by atoms with Crippen LogP contribution in [0.4, 0.5) is 19.3 Å². The van der Waals surface area contributed by atoms with Crippen LogP contribution in [0.15, 0.2) is 48.5 Å². The zero-order valence-corrected chi connectivity index (χ0v) is 12.8. The van der Waals surface area contributed by atoms with Crippen molar-refractivity contribution in [2.24, 2.45) is 0 Å². The zero-order chi connectivity index (χ0) is 16.7. The number of hydrogen-bond donors (Lipinski definition) is 1. The van der Waals surface area contributed by atoms with Gasteiger partial charge in [-0.15, -0.1) is 0 Å². The molecule has 2 aromatic carbocycles. The highest BCUT2D eigenvalue weighted by atomic mass is 19.1. The van der Waals surface area contributed by atoms with E-state index in [-0.39, 0.29) is 5.69 Å². The minimum absolute atomic E-state index is 0.0631. The fourth-order valence-electron chi connectivity index (χ4n) is 2.04. The van der Waals surface area contributed by atoms with Crippen LogP contribution in [-0.2, 0) is 11.3 Å². The number of nitrogens with one attached hydrogen (secondary N) is 1. The van der Waals surface area contributed by atoms with Crippen LogP contribution in [0.1, 0.15) is 5.56 Å². The summed E-state index contributed by atoms with van der Waals surface area (Å²) >= 11 is 0. The molecule has 0 fully saturated rings. The Bertz CT molecular complexity index is 650. The molecule has 0 spiro atoms. The molecule has 0 aliphatic carbocycles. The number of rotatable bonds is 6. The van der Waals surface area contributed by atoms with E-state index in [2.05, 4.69) is 5.32 Å². The molecule has 4 nitrogen and oxygen atoms in total. The third-order valence-electron chi connectivity index (χ3n) is 3.24. The molecule has 2 rings (SSSR count). The Balaban J connectivity index is 2.09. The average Bonchev–Trinajstić information content (AvgIpc) is 2.55. The molecule has 23 heavy (non-hydrogen) atoms. The van der Waals surface area contributed by atoms with Crippen molar-refractivity contribution < 1.29 is 18.3 Å². The molecule has 6 heteroatoms. The Morgan fingerprint density at radius 1 is 1.17 bits per heavy atom. The first-order chi connectivity index (χ1) is 11.1. The van der Waals surface area contributed by atoms with E-state index in [1.54, 1.807) is 0 Å². The Morgan fingerprint density at radius 3 is 2.57 bits per heavy atom. The number of nitrogens with zero attached hydrogens (tertiary/aromatic N) is 1. The summed E-state index contributed by atoms with van der Waals surface area (Å²) in [5, 5.41) is 2.46. The largest absolute Gasteiger partial charge is 0.383 e. The minimum Gasteiger partial charge on any atom is -0.383 e. The van der Waals surface area contributed by atoms with Gasteiger partial charge in [-0.2, -0.15) is 0 Å². The lowest BCUT2D eigenvalue weighted by atomic mass is 10.2. The second kappa shape index (κ2) is 8.24. The molecule has 0 radical (unpaired) electrons. The van der Waals surface area contributed by atoms with E-state index < -0.39 is 17.7 Å². The quantitative estimate of drug-likeness (QED) is 0.883. The first kappa shape index (κ1) is 16.9. The van der Waals surface area contributed by atoms with Crippen LogP contribution < -0.4 is 5.32 Å². The van der Waals surface area contributed by atoms with Crippen LogP contribution in [-0.4, -0.2) is 31.2 Å². The van der Waals surface area contributed by atoms with Gasteiger partial charge in [-0.1, -0.05) is 30.3 Å². The monoisotopic (exact) mass is 320 g/mol. The van der Waals surface area contributed by atoms with Crippen molar-refractivity contribution in [1.82, 2.24) is 4.90 Å². The van der Waals surface area contributed by atoms with Crippen molar-refractivity contribution in [3.8, 4) is 0 Å². The van der Waals surface area contributed by atoms with Crippen molar-refractivity contribution in [2.75, 3.05) is 25.6 Å². The average molecular weight is 320 g/mol. The summed E-state index contributed by atoms with van der Waals surface area (Å²) in [6.45, 7) is 1.06. The van der Waals surface area contributed by atoms with Gasteiger partial charge in [0.1, 0.15) is 11.6 Å². The van der Waals surface area contributed by atoms with Crippen LogP contribution in [0.25, 0.3) is 0 Å². The smallest absolute Gasteiger partial charge is 0.322 e. The number of carbonyl (C=O) groups excluding carboxylic acids is 1. The van der Waals surface area contributed by atoms with Crippen molar-refractivity contribution >= 4 is 11.7 Å². The SMILES string of the molecule is COCCN(Cc1ccccc1)C(=O)Nc1ccc(F)cc1F. The lowest BCUT2D eigenvalue weighted by Crippen LogP contribution is -2.37. The molecule has 0 unspecified atom stereocenters. The normalized spacial score (nSPS) is 10.4. The molecule has 0 aliphatic heterocycles. The minimum atomic E-state index is -0.815. The number of amides is 2. The number of anilines is 1. The highest BCUT2D eigenvalue weighted by Crippen LogP contribution is 2.16. The molecule has 2 aromatic rings. The maximum atomic E-state index is 13.7. The third-order valence-corrected chi connectivity index (χ3v) is 3.24. The fraction of sp³-hybridized carbons (Fsp3) is 0.235. The van der Waals surface area contributed by atoms with Crippen molar-refractivity contribution in [3.05, 3.63) is 65.7 Å². The van der Waals surface area contributed by atoms with Crippen LogP contribution in [0.2, 0.25) is 0 Å². The summed E-state index contributed by atoms with van der Waals surface area (Å²) < 4.78 is 31.6. The first-order valence-electron chi connectivity index (χ1n) is 7.14. The molecule has 0 bridgehead atoms. The van der Waals surface area contributed by atoms with Gasteiger partial charge in [0.05, 0.1) is 12.3 Å². The molecular weight excluding hydrogens is 302 g/mol. The summed E-state index contributed by atoms with van der Waals surface area (Å²) in [4.78, 5) is 13.9. The second-order valence-corrected chi connectivity index (χ2v) is 4.95. The van der Waals surface area contributed by atoms with E-state index in [0.717, 1.165) is 17.7 Å². The maximum absolute atomic E-state index is 13.7. The molecule has 0 saturated heterocycles. The van der Waals surface area contributed by atoms with E-state index in [1.807, 2.05) is 30.3 Å². The molecule has 0 atom stereocenters. The van der Waals surface area contributed by atoms with E-state index in [4.69, 9.17) is 4.74 Å². The fourth-order valence-corrected chi connectivity index (χ4v) is 2.04. The number of methoxy groups -OCH3 is 1. The molecule has 1 N–H and O–H groups in total. The Labute approximate surface area is 133 Å². The summed E-state index contributed by atoms with van der Waals surface area (Å²) in [6, 6.07) is 12.0. The molecular formula is C17H18F2N2O2. The van der Waals surface area contributed by atoms with Crippen molar-refractivity contribution in [1.29, 1.82) is 0 Å². The molecule has 2 amide bonds. The predicted molar refractivity (Wildman–Crippen MR) is 84.1 cm³/mol. The lowest BCUT2D eigenvalue weighted by Gasteiger charge is -2.23.